The highest BCUT2D eigenvalue weighted by Crippen LogP contribution is 2.33. The van der Waals surface area contributed by atoms with E-state index in [1.807, 2.05) is 6.07 Å². The van der Waals surface area contributed by atoms with Crippen molar-refractivity contribution in [3.05, 3.63) is 95.9 Å². The van der Waals surface area contributed by atoms with Gasteiger partial charge in [0, 0.05) is 17.1 Å². The molecule has 12 heteroatoms. The van der Waals surface area contributed by atoms with Crippen molar-refractivity contribution in [1.29, 1.82) is 5.41 Å². The number of anilines is 2. The predicted octanol–water partition coefficient (Wildman–Crippen LogP) is 3.79. The van der Waals surface area contributed by atoms with Gasteiger partial charge in [0.1, 0.15) is 24.3 Å². The number of fused-ring (bicyclic) bond motifs is 2. The smallest absolute Gasteiger partial charge is 0.326 e. The quantitative estimate of drug-likeness (QED) is 0.0917. The number of aliphatic hydroxyl groups is 1. The highest BCUT2D eigenvalue weighted by atomic mass is 32.2. The Morgan fingerprint density at radius 1 is 1.10 bits per heavy atom. The highest BCUT2D eigenvalue weighted by Gasteiger charge is 2.24. The molecule has 2 unspecified atom stereocenters. The molecule has 0 aliphatic heterocycles. The first-order chi connectivity index (χ1) is 19.3. The zero-order valence-electron chi connectivity index (χ0n) is 21.4. The van der Waals surface area contributed by atoms with Crippen molar-refractivity contribution < 1.29 is 23.4 Å². The van der Waals surface area contributed by atoms with Crippen LogP contribution in [0, 0.1) is 5.41 Å². The monoisotopic (exact) mass is 558 g/mol. The number of carbonyl (C=O) groups excluding carboxylic acids is 1. The molecule has 0 bridgehead atoms. The number of esters is 1. The van der Waals surface area contributed by atoms with E-state index in [0.29, 0.717) is 33.5 Å². The van der Waals surface area contributed by atoms with Crippen molar-refractivity contribution in [2.24, 2.45) is 5.73 Å². The van der Waals surface area contributed by atoms with Crippen LogP contribution in [0.15, 0.2) is 79.0 Å². The van der Waals surface area contributed by atoms with Crippen molar-refractivity contribution in [3.63, 3.8) is 0 Å². The molecule has 2 heterocycles. The fraction of sp³-hybridized carbons (Fsp3) is 0.143. The summed E-state index contributed by atoms with van der Waals surface area (Å²) in [5.41, 5.74) is 9.05. The maximum absolute atomic E-state index is 12.5. The van der Waals surface area contributed by atoms with Crippen LogP contribution in [-0.2, 0) is 27.3 Å². The standard InChI is InChI=1S/C28H26N6O5S/c1-2-39-25(35)16-33-24-12-10-21(34(40(37)38)20-9-11-22-19(14-20)4-3-13-31-22)15-23(24)32-28(33)26(36)17-5-7-18(8-6-17)27(29)30/h3-15,26,36H,2,16H2,1H3,(H3,29,30)(H,37,38). The molecule has 204 valence electrons. The number of imidazole rings is 1. The minimum Gasteiger partial charge on any atom is -0.465 e. The van der Waals surface area contributed by atoms with Crippen LogP contribution in [0.5, 0.6) is 0 Å². The van der Waals surface area contributed by atoms with Crippen molar-refractivity contribution in [2.75, 3.05) is 10.9 Å². The number of nitrogens with two attached hydrogens (primary N) is 1. The molecule has 40 heavy (non-hydrogen) atoms. The summed E-state index contributed by atoms with van der Waals surface area (Å²) in [6.07, 6.45) is 0.455. The van der Waals surface area contributed by atoms with E-state index in [2.05, 4.69) is 9.97 Å². The lowest BCUT2D eigenvalue weighted by molar-refractivity contribution is -0.143. The maximum Gasteiger partial charge on any atom is 0.326 e. The normalized spacial score (nSPS) is 12.8. The number of pyridine rings is 1. The minimum atomic E-state index is -2.42. The predicted molar refractivity (Wildman–Crippen MR) is 153 cm³/mol. The average Bonchev–Trinajstić information content (AvgIpc) is 3.30. The number of hydrogen-bond acceptors (Lipinski definition) is 7. The number of benzene rings is 3. The first kappa shape index (κ1) is 26.9. The summed E-state index contributed by atoms with van der Waals surface area (Å²) in [6, 6.07) is 20.3. The van der Waals surface area contributed by atoms with Gasteiger partial charge in [-0.3, -0.25) is 19.7 Å². The Morgan fingerprint density at radius 2 is 1.82 bits per heavy atom. The van der Waals surface area contributed by atoms with Crippen LogP contribution in [0.3, 0.4) is 0 Å². The summed E-state index contributed by atoms with van der Waals surface area (Å²) in [4.78, 5) is 21.4. The molecule has 11 nitrogen and oxygen atoms in total. The molecule has 3 aromatic carbocycles. The molecule has 5 N–H and O–H groups in total. The van der Waals surface area contributed by atoms with Crippen LogP contribution in [0.1, 0.15) is 30.0 Å². The number of aliphatic hydroxyl groups excluding tert-OH is 1. The highest BCUT2D eigenvalue weighted by molar-refractivity contribution is 7.81. The van der Waals surface area contributed by atoms with Crippen molar-refractivity contribution in [2.45, 2.75) is 19.6 Å². The average molecular weight is 559 g/mol. The van der Waals surface area contributed by atoms with E-state index < -0.39 is 23.3 Å². The first-order valence-corrected chi connectivity index (χ1v) is 13.4. The Balaban J connectivity index is 1.60. The van der Waals surface area contributed by atoms with Gasteiger partial charge in [-0.15, -0.1) is 0 Å². The summed E-state index contributed by atoms with van der Waals surface area (Å²) < 4.78 is 30.7. The van der Waals surface area contributed by atoms with E-state index in [0.717, 1.165) is 10.9 Å². The van der Waals surface area contributed by atoms with E-state index in [1.54, 1.807) is 84.4 Å². The molecule has 0 radical (unpaired) electrons. The zero-order valence-corrected chi connectivity index (χ0v) is 22.2. The molecular weight excluding hydrogens is 532 g/mol. The third kappa shape index (κ3) is 5.27. The summed E-state index contributed by atoms with van der Waals surface area (Å²) in [7, 11) is 0. The zero-order chi connectivity index (χ0) is 28.4. The molecule has 0 aliphatic carbocycles. The Bertz CT molecular complexity index is 1750. The second-order valence-corrected chi connectivity index (χ2v) is 9.70. The van der Waals surface area contributed by atoms with Crippen molar-refractivity contribution in [1.82, 2.24) is 14.5 Å². The van der Waals surface area contributed by atoms with Gasteiger partial charge in [0.2, 0.25) is 0 Å². The fourth-order valence-electron chi connectivity index (χ4n) is 4.49. The van der Waals surface area contributed by atoms with E-state index in [9.17, 15) is 18.7 Å². The molecule has 2 atom stereocenters. The number of amidine groups is 1. The van der Waals surface area contributed by atoms with E-state index in [4.69, 9.17) is 15.9 Å². The van der Waals surface area contributed by atoms with Gasteiger partial charge in [-0.05, 0) is 55.0 Å². The van der Waals surface area contributed by atoms with Gasteiger partial charge in [0.05, 0.1) is 34.5 Å². The van der Waals surface area contributed by atoms with Crippen LogP contribution in [0.2, 0.25) is 0 Å². The number of nitrogens with zero attached hydrogens (tertiary/aromatic N) is 4. The molecule has 2 aromatic heterocycles. The number of carbonyl (C=O) groups is 1. The number of rotatable bonds is 9. The van der Waals surface area contributed by atoms with Crippen molar-refractivity contribution in [3.8, 4) is 0 Å². The van der Waals surface area contributed by atoms with Gasteiger partial charge in [0.15, 0.2) is 0 Å². The maximum atomic E-state index is 12.5. The van der Waals surface area contributed by atoms with Gasteiger partial charge >= 0.3 is 5.97 Å². The molecule has 5 rings (SSSR count). The first-order valence-electron chi connectivity index (χ1n) is 12.3. The number of hydrogen-bond donors (Lipinski definition) is 4. The number of nitrogen functional groups attached to an aromatic ring is 1. The third-order valence-electron chi connectivity index (χ3n) is 6.35. The van der Waals surface area contributed by atoms with Gasteiger partial charge < -0.3 is 20.1 Å². The van der Waals surface area contributed by atoms with Crippen LogP contribution in [0.4, 0.5) is 11.4 Å². The van der Waals surface area contributed by atoms with Crippen LogP contribution in [0.25, 0.3) is 21.9 Å². The van der Waals surface area contributed by atoms with Crippen LogP contribution < -0.4 is 10.0 Å². The molecule has 0 amide bonds. The lowest BCUT2D eigenvalue weighted by Crippen LogP contribution is -2.19. The van der Waals surface area contributed by atoms with Gasteiger partial charge in [0.25, 0.3) is 11.3 Å². The van der Waals surface area contributed by atoms with Crippen LogP contribution >= 0.6 is 0 Å². The summed E-state index contributed by atoms with van der Waals surface area (Å²) in [5, 5.41) is 19.7. The molecule has 0 aliphatic rings. The lowest BCUT2D eigenvalue weighted by Gasteiger charge is -2.20. The number of aromatic nitrogens is 3. The molecule has 0 saturated carbocycles. The van der Waals surface area contributed by atoms with E-state index in [-0.39, 0.29) is 24.8 Å². The van der Waals surface area contributed by atoms with Gasteiger partial charge in [-0.2, -0.15) is 0 Å². The van der Waals surface area contributed by atoms with Gasteiger partial charge in [-0.1, -0.05) is 30.3 Å². The fourth-order valence-corrected chi connectivity index (χ4v) is 5.07. The third-order valence-corrected chi connectivity index (χ3v) is 7.08. The topological polar surface area (TPSA) is 168 Å². The van der Waals surface area contributed by atoms with E-state index >= 15 is 0 Å². The van der Waals surface area contributed by atoms with Gasteiger partial charge in [-0.25, -0.2) is 13.5 Å². The van der Waals surface area contributed by atoms with Crippen LogP contribution in [-0.4, -0.2) is 46.8 Å². The SMILES string of the molecule is CCOC(=O)Cn1c(C(O)c2ccc(C(=N)N)cc2)nc2cc(N(c3ccc4ncccc4c3)S(=O)O)ccc21. The Labute approximate surface area is 231 Å². The number of nitrogens with one attached hydrogen (secondary N) is 1. The summed E-state index contributed by atoms with van der Waals surface area (Å²) in [6.45, 7) is 1.70. The second kappa shape index (κ2) is 11.2. The summed E-state index contributed by atoms with van der Waals surface area (Å²) in [5.74, 6) is -0.421. The second-order valence-electron chi connectivity index (χ2n) is 8.88. The molecule has 0 spiro atoms. The number of ether oxygens (including phenoxy) is 1. The molecule has 0 fully saturated rings. The Morgan fingerprint density at radius 3 is 2.52 bits per heavy atom. The Kier molecular flexibility index (Phi) is 7.56. The molecular formula is C28H26N6O5S. The minimum absolute atomic E-state index is 0.100. The molecule has 0 saturated heterocycles. The molecule has 5 aromatic rings. The van der Waals surface area contributed by atoms with Crippen molar-refractivity contribution >= 4 is 56.4 Å². The lowest BCUT2D eigenvalue weighted by atomic mass is 10.1. The Hall–Kier alpha value is -4.65. The van der Waals surface area contributed by atoms with E-state index in [1.165, 1.54) is 4.31 Å². The summed E-state index contributed by atoms with van der Waals surface area (Å²) >= 11 is -2.42. The largest absolute Gasteiger partial charge is 0.465 e.